The Kier molecular flexibility index (Phi) is 5.15. The fourth-order valence-electron chi connectivity index (χ4n) is 2.99. The van der Waals surface area contributed by atoms with Gasteiger partial charge >= 0.3 is 0 Å². The zero-order valence-electron chi connectivity index (χ0n) is 14.2. The molecule has 3 rings (SSSR count). The standard InChI is InChI=1S/C18H24N4O2/c1-13-17(21-12-20-13)10-19-15-9-18(23)22(11-15)8-7-14-3-5-16(24-2)6-4-14/h3-6,12,15,19H,7-11H2,1-2H3,(H,20,21). The van der Waals surface area contributed by atoms with Gasteiger partial charge in [-0.25, -0.2) is 4.98 Å². The van der Waals surface area contributed by atoms with Gasteiger partial charge in [0.15, 0.2) is 0 Å². The van der Waals surface area contributed by atoms with Crippen LogP contribution in [0, 0.1) is 6.92 Å². The summed E-state index contributed by atoms with van der Waals surface area (Å²) in [5.41, 5.74) is 3.30. The number of aromatic amines is 1. The Morgan fingerprint density at radius 3 is 2.83 bits per heavy atom. The van der Waals surface area contributed by atoms with Crippen molar-refractivity contribution in [1.82, 2.24) is 20.2 Å². The topological polar surface area (TPSA) is 70.2 Å². The molecule has 2 N–H and O–H groups in total. The molecule has 1 amide bonds. The number of hydrogen-bond acceptors (Lipinski definition) is 4. The van der Waals surface area contributed by atoms with Crippen molar-refractivity contribution in [2.75, 3.05) is 20.2 Å². The predicted molar refractivity (Wildman–Crippen MR) is 91.8 cm³/mol. The summed E-state index contributed by atoms with van der Waals surface area (Å²) in [4.78, 5) is 21.5. The van der Waals surface area contributed by atoms with Gasteiger partial charge in [-0.2, -0.15) is 0 Å². The first-order chi connectivity index (χ1) is 11.7. The highest BCUT2D eigenvalue weighted by molar-refractivity contribution is 5.79. The Balaban J connectivity index is 1.46. The van der Waals surface area contributed by atoms with Crippen LogP contribution < -0.4 is 10.1 Å². The van der Waals surface area contributed by atoms with E-state index in [1.807, 2.05) is 24.0 Å². The Morgan fingerprint density at radius 2 is 2.17 bits per heavy atom. The molecule has 2 heterocycles. The summed E-state index contributed by atoms with van der Waals surface area (Å²) in [5, 5.41) is 3.44. The maximum absolute atomic E-state index is 12.2. The van der Waals surface area contributed by atoms with E-state index in [2.05, 4.69) is 27.4 Å². The molecule has 1 aromatic heterocycles. The fourth-order valence-corrected chi connectivity index (χ4v) is 2.99. The highest BCUT2D eigenvalue weighted by Gasteiger charge is 2.28. The molecule has 6 heteroatoms. The van der Waals surface area contributed by atoms with Crippen molar-refractivity contribution in [3.05, 3.63) is 47.5 Å². The second-order valence-corrected chi connectivity index (χ2v) is 6.19. The maximum Gasteiger partial charge on any atom is 0.224 e. The second-order valence-electron chi connectivity index (χ2n) is 6.19. The largest absolute Gasteiger partial charge is 0.497 e. The molecule has 0 saturated carbocycles. The van der Waals surface area contributed by atoms with Crippen molar-refractivity contribution in [2.45, 2.75) is 32.4 Å². The summed E-state index contributed by atoms with van der Waals surface area (Å²) in [5.74, 6) is 1.08. The number of nitrogens with zero attached hydrogens (tertiary/aromatic N) is 2. The van der Waals surface area contributed by atoms with Gasteiger partial charge in [0.05, 0.1) is 19.1 Å². The number of amides is 1. The number of benzene rings is 1. The van der Waals surface area contributed by atoms with Crippen LogP contribution in [-0.2, 0) is 17.8 Å². The molecule has 0 bridgehead atoms. The van der Waals surface area contributed by atoms with Crippen molar-refractivity contribution in [1.29, 1.82) is 0 Å². The number of H-pyrrole nitrogens is 1. The molecule has 1 aliphatic rings. The molecule has 1 fully saturated rings. The smallest absolute Gasteiger partial charge is 0.224 e. The summed E-state index contributed by atoms with van der Waals surface area (Å²) < 4.78 is 5.16. The van der Waals surface area contributed by atoms with E-state index in [1.165, 1.54) is 5.56 Å². The summed E-state index contributed by atoms with van der Waals surface area (Å²) in [6.07, 6.45) is 3.13. The zero-order chi connectivity index (χ0) is 16.9. The van der Waals surface area contributed by atoms with Gasteiger partial charge in [-0.15, -0.1) is 0 Å². The predicted octanol–water partition coefficient (Wildman–Crippen LogP) is 1.66. The molecule has 6 nitrogen and oxygen atoms in total. The number of hydrogen-bond donors (Lipinski definition) is 2. The molecular weight excluding hydrogens is 304 g/mol. The lowest BCUT2D eigenvalue weighted by atomic mass is 10.1. The lowest BCUT2D eigenvalue weighted by Gasteiger charge is -2.17. The Hall–Kier alpha value is -2.34. The monoisotopic (exact) mass is 328 g/mol. The second kappa shape index (κ2) is 7.49. The number of nitrogens with one attached hydrogen (secondary N) is 2. The third-order valence-electron chi connectivity index (χ3n) is 4.54. The first-order valence-corrected chi connectivity index (χ1v) is 8.28. The quantitative estimate of drug-likeness (QED) is 0.811. The summed E-state index contributed by atoms with van der Waals surface area (Å²) in [6.45, 7) is 4.22. The Bertz CT molecular complexity index is 681. The highest BCUT2D eigenvalue weighted by atomic mass is 16.5. The van der Waals surface area contributed by atoms with Crippen molar-refractivity contribution >= 4 is 5.91 Å². The molecule has 24 heavy (non-hydrogen) atoms. The Labute approximate surface area is 142 Å². The lowest BCUT2D eigenvalue weighted by Crippen LogP contribution is -2.33. The molecule has 2 aromatic rings. The number of carbonyl (C=O) groups excluding carboxylic acids is 1. The van der Waals surface area contributed by atoms with Crippen LogP contribution in [0.5, 0.6) is 5.75 Å². The number of likely N-dealkylation sites (tertiary alicyclic amines) is 1. The molecule has 0 radical (unpaired) electrons. The summed E-state index contributed by atoms with van der Waals surface area (Å²) in [6, 6.07) is 8.21. The zero-order valence-corrected chi connectivity index (χ0v) is 14.2. The average molecular weight is 328 g/mol. The molecule has 1 aromatic carbocycles. The van der Waals surface area contributed by atoms with Crippen molar-refractivity contribution in [2.24, 2.45) is 0 Å². The minimum atomic E-state index is 0.199. The van der Waals surface area contributed by atoms with Gasteiger partial charge in [-0.1, -0.05) is 12.1 Å². The van der Waals surface area contributed by atoms with Crippen LogP contribution in [0.15, 0.2) is 30.6 Å². The number of aryl methyl sites for hydroxylation is 1. The molecular formula is C18H24N4O2. The van der Waals surface area contributed by atoms with Crippen LogP contribution in [0.3, 0.4) is 0 Å². The molecule has 128 valence electrons. The van der Waals surface area contributed by atoms with Gasteiger partial charge in [-0.05, 0) is 31.0 Å². The van der Waals surface area contributed by atoms with Gasteiger partial charge in [-0.3, -0.25) is 4.79 Å². The van der Waals surface area contributed by atoms with E-state index >= 15 is 0 Å². The molecule has 1 aliphatic heterocycles. The Morgan fingerprint density at radius 1 is 1.38 bits per heavy atom. The number of rotatable bonds is 7. The van der Waals surface area contributed by atoms with Crippen molar-refractivity contribution in [3.63, 3.8) is 0 Å². The van der Waals surface area contributed by atoms with Gasteiger partial charge in [0.25, 0.3) is 0 Å². The minimum absolute atomic E-state index is 0.199. The third-order valence-corrected chi connectivity index (χ3v) is 4.54. The van der Waals surface area contributed by atoms with Gasteiger partial charge in [0.2, 0.25) is 5.91 Å². The van der Waals surface area contributed by atoms with E-state index in [9.17, 15) is 4.79 Å². The number of carbonyl (C=O) groups is 1. The van der Waals surface area contributed by atoms with Crippen LogP contribution >= 0.6 is 0 Å². The van der Waals surface area contributed by atoms with Crippen LogP contribution in [0.1, 0.15) is 23.4 Å². The molecule has 1 saturated heterocycles. The van der Waals surface area contributed by atoms with E-state index in [1.54, 1.807) is 13.4 Å². The van der Waals surface area contributed by atoms with Crippen LogP contribution in [0.2, 0.25) is 0 Å². The fraction of sp³-hybridized carbons (Fsp3) is 0.444. The minimum Gasteiger partial charge on any atom is -0.497 e. The molecule has 1 atom stereocenters. The van der Waals surface area contributed by atoms with Crippen LogP contribution in [0.4, 0.5) is 0 Å². The first-order valence-electron chi connectivity index (χ1n) is 8.28. The van der Waals surface area contributed by atoms with Gasteiger partial charge in [0.1, 0.15) is 5.75 Å². The maximum atomic E-state index is 12.2. The van der Waals surface area contributed by atoms with E-state index in [0.29, 0.717) is 13.0 Å². The van der Waals surface area contributed by atoms with Crippen LogP contribution in [0.25, 0.3) is 0 Å². The SMILES string of the molecule is COc1ccc(CCN2CC(NCc3nc[nH]c3C)CC2=O)cc1. The number of imidazole rings is 1. The summed E-state index contributed by atoms with van der Waals surface area (Å²) in [7, 11) is 1.66. The van der Waals surface area contributed by atoms with E-state index in [4.69, 9.17) is 4.74 Å². The first kappa shape index (κ1) is 16.5. The van der Waals surface area contributed by atoms with Crippen molar-refractivity contribution < 1.29 is 9.53 Å². The average Bonchev–Trinajstić information content (AvgIpc) is 3.17. The normalized spacial score (nSPS) is 17.5. The number of ether oxygens (including phenoxy) is 1. The van der Waals surface area contributed by atoms with E-state index in [0.717, 1.165) is 36.6 Å². The van der Waals surface area contributed by atoms with Crippen molar-refractivity contribution in [3.8, 4) is 5.75 Å². The molecule has 0 aliphatic carbocycles. The molecule has 1 unspecified atom stereocenters. The lowest BCUT2D eigenvalue weighted by molar-refractivity contribution is -0.127. The van der Waals surface area contributed by atoms with Crippen LogP contribution in [-0.4, -0.2) is 47.0 Å². The summed E-state index contributed by atoms with van der Waals surface area (Å²) >= 11 is 0. The van der Waals surface area contributed by atoms with E-state index < -0.39 is 0 Å². The third kappa shape index (κ3) is 3.94. The van der Waals surface area contributed by atoms with Gasteiger partial charge < -0.3 is 19.9 Å². The van der Waals surface area contributed by atoms with E-state index in [-0.39, 0.29) is 11.9 Å². The number of methoxy groups -OCH3 is 1. The molecule has 0 spiro atoms. The highest BCUT2D eigenvalue weighted by Crippen LogP contribution is 2.15. The number of aromatic nitrogens is 2. The van der Waals surface area contributed by atoms with Gasteiger partial charge in [0, 0.05) is 37.8 Å².